The highest BCUT2D eigenvalue weighted by molar-refractivity contribution is 6.08. The molecule has 1 aliphatic carbocycles. The molecule has 1 spiro atoms. The molecule has 8 nitrogen and oxygen atoms in total. The molecular formula is C19H23N3O5. The number of carbonyl (C=O) groups is 4. The topological polar surface area (TPSA) is 105 Å². The van der Waals surface area contributed by atoms with Crippen LogP contribution < -0.4 is 10.6 Å². The van der Waals surface area contributed by atoms with E-state index in [0.29, 0.717) is 12.8 Å². The SMILES string of the molecule is C[C@@H](NC(=O)COC(=O)CN1C(=O)NC2(CCCC2)C1=O)c1ccccc1. The maximum atomic E-state index is 12.5. The molecule has 2 aliphatic rings. The maximum absolute atomic E-state index is 12.5. The van der Waals surface area contributed by atoms with E-state index >= 15 is 0 Å². The zero-order chi connectivity index (χ0) is 19.4. The first-order valence-electron chi connectivity index (χ1n) is 9.05. The average Bonchev–Trinajstić information content (AvgIpc) is 3.21. The molecule has 1 saturated heterocycles. The standard InChI is InChI=1S/C19H23N3O5/c1-13(14-7-3-2-4-8-14)20-15(23)12-27-16(24)11-22-17(25)19(21-18(22)26)9-5-6-10-19/h2-4,7-8,13H,5-6,9-12H2,1H3,(H,20,23)(H,21,26)/t13-/m1/s1. The summed E-state index contributed by atoms with van der Waals surface area (Å²) in [7, 11) is 0. The average molecular weight is 373 g/mol. The number of benzene rings is 1. The van der Waals surface area contributed by atoms with E-state index in [1.807, 2.05) is 37.3 Å². The number of carbonyl (C=O) groups excluding carboxylic acids is 4. The van der Waals surface area contributed by atoms with Crippen LogP contribution in [-0.2, 0) is 19.1 Å². The Labute approximate surface area is 157 Å². The van der Waals surface area contributed by atoms with Crippen LogP contribution >= 0.6 is 0 Å². The van der Waals surface area contributed by atoms with E-state index in [1.165, 1.54) is 0 Å². The van der Waals surface area contributed by atoms with E-state index in [-0.39, 0.29) is 11.9 Å². The van der Waals surface area contributed by atoms with Crippen molar-refractivity contribution >= 4 is 23.8 Å². The second-order valence-electron chi connectivity index (χ2n) is 6.97. The number of urea groups is 1. The smallest absolute Gasteiger partial charge is 0.326 e. The number of amides is 4. The van der Waals surface area contributed by atoms with Crippen LogP contribution in [0.25, 0.3) is 0 Å². The highest BCUT2D eigenvalue weighted by Crippen LogP contribution is 2.34. The van der Waals surface area contributed by atoms with Crippen molar-refractivity contribution in [3.05, 3.63) is 35.9 Å². The molecule has 0 radical (unpaired) electrons. The number of imide groups is 1. The lowest BCUT2D eigenvalue weighted by atomic mass is 9.98. The van der Waals surface area contributed by atoms with Gasteiger partial charge in [-0.25, -0.2) is 4.79 Å². The van der Waals surface area contributed by atoms with Crippen LogP contribution in [0.5, 0.6) is 0 Å². The number of hydrogen-bond acceptors (Lipinski definition) is 5. The van der Waals surface area contributed by atoms with Gasteiger partial charge in [-0.2, -0.15) is 0 Å². The zero-order valence-electron chi connectivity index (χ0n) is 15.2. The Morgan fingerprint density at radius 1 is 1.22 bits per heavy atom. The fourth-order valence-corrected chi connectivity index (χ4v) is 3.57. The molecule has 3 rings (SSSR count). The summed E-state index contributed by atoms with van der Waals surface area (Å²) in [6.07, 6.45) is 2.90. The maximum Gasteiger partial charge on any atom is 0.326 e. The molecule has 0 aromatic heterocycles. The van der Waals surface area contributed by atoms with Crippen molar-refractivity contribution in [2.24, 2.45) is 0 Å². The van der Waals surface area contributed by atoms with Gasteiger partial charge in [-0.3, -0.25) is 19.3 Å². The second kappa shape index (κ2) is 7.77. The first-order valence-corrected chi connectivity index (χ1v) is 9.05. The van der Waals surface area contributed by atoms with Crippen LogP contribution in [0, 0.1) is 0 Å². The monoisotopic (exact) mass is 373 g/mol. The van der Waals surface area contributed by atoms with Gasteiger partial charge in [-0.15, -0.1) is 0 Å². The third kappa shape index (κ3) is 4.10. The summed E-state index contributed by atoms with van der Waals surface area (Å²) < 4.78 is 4.93. The Morgan fingerprint density at radius 3 is 2.56 bits per heavy atom. The van der Waals surface area contributed by atoms with Gasteiger partial charge in [0.2, 0.25) is 0 Å². The Balaban J connectivity index is 1.46. The highest BCUT2D eigenvalue weighted by Gasteiger charge is 2.52. The van der Waals surface area contributed by atoms with Gasteiger partial charge in [0.1, 0.15) is 12.1 Å². The minimum absolute atomic E-state index is 0.231. The van der Waals surface area contributed by atoms with Crippen molar-refractivity contribution in [2.75, 3.05) is 13.2 Å². The summed E-state index contributed by atoms with van der Waals surface area (Å²) in [5, 5.41) is 5.42. The van der Waals surface area contributed by atoms with Crippen molar-refractivity contribution < 1.29 is 23.9 Å². The first kappa shape index (κ1) is 18.9. The number of ether oxygens (including phenoxy) is 1. The highest BCUT2D eigenvalue weighted by atomic mass is 16.5. The molecule has 27 heavy (non-hydrogen) atoms. The Bertz CT molecular complexity index is 743. The van der Waals surface area contributed by atoms with E-state index in [4.69, 9.17) is 4.74 Å². The zero-order valence-corrected chi connectivity index (χ0v) is 15.2. The van der Waals surface area contributed by atoms with Crippen LogP contribution in [0.2, 0.25) is 0 Å². The Morgan fingerprint density at radius 2 is 1.89 bits per heavy atom. The third-order valence-electron chi connectivity index (χ3n) is 5.03. The second-order valence-corrected chi connectivity index (χ2v) is 6.97. The Hall–Kier alpha value is -2.90. The van der Waals surface area contributed by atoms with Gasteiger partial charge in [0.05, 0.1) is 6.04 Å². The van der Waals surface area contributed by atoms with Crippen molar-refractivity contribution in [2.45, 2.75) is 44.2 Å². The van der Waals surface area contributed by atoms with Crippen LogP contribution in [0.3, 0.4) is 0 Å². The largest absolute Gasteiger partial charge is 0.454 e. The molecule has 0 bridgehead atoms. The summed E-state index contributed by atoms with van der Waals surface area (Å²) in [6.45, 7) is 0.863. The molecule has 1 aromatic rings. The molecule has 2 fully saturated rings. The first-order chi connectivity index (χ1) is 12.9. The molecule has 144 valence electrons. The van der Waals surface area contributed by atoms with Crippen LogP contribution in [0.15, 0.2) is 30.3 Å². The predicted octanol–water partition coefficient (Wildman–Crippen LogP) is 1.27. The fraction of sp³-hybridized carbons (Fsp3) is 0.474. The minimum Gasteiger partial charge on any atom is -0.454 e. The number of esters is 1. The van der Waals surface area contributed by atoms with Crippen molar-refractivity contribution in [3.63, 3.8) is 0 Å². The van der Waals surface area contributed by atoms with E-state index in [9.17, 15) is 19.2 Å². The van der Waals surface area contributed by atoms with Gasteiger partial charge in [0, 0.05) is 0 Å². The van der Waals surface area contributed by atoms with Crippen LogP contribution in [0.1, 0.15) is 44.2 Å². The number of hydrogen-bond donors (Lipinski definition) is 2. The lowest BCUT2D eigenvalue weighted by Gasteiger charge is -2.19. The molecule has 2 N–H and O–H groups in total. The summed E-state index contributed by atoms with van der Waals surface area (Å²) in [6, 6.07) is 8.57. The third-order valence-corrected chi connectivity index (χ3v) is 5.03. The van der Waals surface area contributed by atoms with Crippen molar-refractivity contribution in [3.8, 4) is 0 Å². The van der Waals surface area contributed by atoms with Crippen molar-refractivity contribution in [1.29, 1.82) is 0 Å². The van der Waals surface area contributed by atoms with Gasteiger partial charge < -0.3 is 15.4 Å². The number of nitrogens with zero attached hydrogens (tertiary/aromatic N) is 1. The molecule has 0 unspecified atom stereocenters. The van der Waals surface area contributed by atoms with Crippen LogP contribution in [0.4, 0.5) is 4.79 Å². The molecular weight excluding hydrogens is 350 g/mol. The Kier molecular flexibility index (Phi) is 5.43. The number of rotatable bonds is 6. The molecule has 1 heterocycles. The molecule has 4 amide bonds. The van der Waals surface area contributed by atoms with E-state index < -0.39 is 36.6 Å². The summed E-state index contributed by atoms with van der Waals surface area (Å²) in [5.74, 6) is -1.63. The van der Waals surface area contributed by atoms with Crippen LogP contribution in [-0.4, -0.2) is 47.4 Å². The normalized spacial score (nSPS) is 19.1. The van der Waals surface area contributed by atoms with Gasteiger partial charge in [0.25, 0.3) is 11.8 Å². The lowest BCUT2D eigenvalue weighted by Crippen LogP contribution is -2.44. The van der Waals surface area contributed by atoms with E-state index in [2.05, 4.69) is 10.6 Å². The molecule has 1 saturated carbocycles. The molecule has 1 atom stereocenters. The minimum atomic E-state index is -0.861. The quantitative estimate of drug-likeness (QED) is 0.577. The van der Waals surface area contributed by atoms with E-state index in [1.54, 1.807) is 0 Å². The van der Waals surface area contributed by atoms with Crippen molar-refractivity contribution in [1.82, 2.24) is 15.5 Å². The van der Waals surface area contributed by atoms with Gasteiger partial charge >= 0.3 is 12.0 Å². The predicted molar refractivity (Wildman–Crippen MR) is 95.4 cm³/mol. The molecule has 8 heteroatoms. The molecule has 1 aliphatic heterocycles. The number of nitrogens with one attached hydrogen (secondary N) is 2. The van der Waals surface area contributed by atoms with Gasteiger partial charge in [-0.05, 0) is 25.3 Å². The fourth-order valence-electron chi connectivity index (χ4n) is 3.57. The summed E-state index contributed by atoms with van der Waals surface area (Å²) in [5.41, 5.74) is 0.0678. The summed E-state index contributed by atoms with van der Waals surface area (Å²) >= 11 is 0. The van der Waals surface area contributed by atoms with Gasteiger partial charge in [0.15, 0.2) is 6.61 Å². The summed E-state index contributed by atoms with van der Waals surface area (Å²) in [4.78, 5) is 49.3. The van der Waals surface area contributed by atoms with Gasteiger partial charge in [-0.1, -0.05) is 43.2 Å². The lowest BCUT2D eigenvalue weighted by molar-refractivity contribution is -0.151. The van der Waals surface area contributed by atoms with E-state index in [0.717, 1.165) is 23.3 Å². The molecule has 1 aromatic carbocycles.